The molecule has 20 heavy (non-hydrogen) atoms. The van der Waals surface area contributed by atoms with Crippen LogP contribution in [-0.4, -0.2) is 4.98 Å². The maximum Gasteiger partial charge on any atom is 0.0761 e. The van der Waals surface area contributed by atoms with E-state index >= 15 is 0 Å². The molecule has 0 radical (unpaired) electrons. The number of hydrogen-bond donors (Lipinski definition) is 2. The van der Waals surface area contributed by atoms with Gasteiger partial charge in [0, 0.05) is 16.5 Å². The van der Waals surface area contributed by atoms with Gasteiger partial charge >= 0.3 is 0 Å². The number of rotatable bonds is 1. The molecule has 0 aliphatic heterocycles. The monoisotopic (exact) mass is 269 g/mol. The molecule has 0 spiro atoms. The molecular formula is C17H23N3. The molecule has 1 aliphatic rings. The third-order valence-corrected chi connectivity index (χ3v) is 4.23. The lowest BCUT2D eigenvalue weighted by atomic mass is 9.87. The highest BCUT2D eigenvalue weighted by Gasteiger charge is 2.20. The van der Waals surface area contributed by atoms with Crippen molar-refractivity contribution in [3.05, 3.63) is 35.0 Å². The molecule has 0 saturated carbocycles. The molecule has 106 valence electrons. The largest absolute Gasteiger partial charge is 0.323 e. The summed E-state index contributed by atoms with van der Waals surface area (Å²) in [5, 5.41) is 1.14. The van der Waals surface area contributed by atoms with Gasteiger partial charge in [-0.05, 0) is 42.9 Å². The molecule has 3 N–H and O–H groups in total. The average molecular weight is 269 g/mol. The minimum Gasteiger partial charge on any atom is -0.323 e. The van der Waals surface area contributed by atoms with Crippen molar-refractivity contribution >= 4 is 16.6 Å². The molecule has 0 fully saturated rings. The van der Waals surface area contributed by atoms with Crippen molar-refractivity contribution in [3.8, 4) is 0 Å². The second kappa shape index (κ2) is 4.74. The van der Waals surface area contributed by atoms with Crippen molar-refractivity contribution in [3.63, 3.8) is 0 Å². The minimum atomic E-state index is 0.0250. The van der Waals surface area contributed by atoms with Crippen LogP contribution in [0.15, 0.2) is 18.2 Å². The lowest BCUT2D eigenvalue weighted by Gasteiger charge is -2.23. The zero-order valence-corrected chi connectivity index (χ0v) is 12.6. The molecule has 1 aliphatic carbocycles. The highest BCUT2D eigenvalue weighted by Crippen LogP contribution is 2.34. The summed E-state index contributed by atoms with van der Waals surface area (Å²) in [6.07, 6.45) is 4.87. The predicted octanol–water partition coefficient (Wildman–Crippen LogP) is 3.70. The first-order valence-electron chi connectivity index (χ1n) is 7.43. The third-order valence-electron chi connectivity index (χ3n) is 4.23. The van der Waals surface area contributed by atoms with Crippen LogP contribution < -0.4 is 11.3 Å². The topological polar surface area (TPSA) is 50.9 Å². The Labute approximate surface area is 120 Å². The highest BCUT2D eigenvalue weighted by molar-refractivity contribution is 5.94. The number of fused-ring (bicyclic) bond motifs is 3. The Morgan fingerprint density at radius 3 is 2.60 bits per heavy atom. The van der Waals surface area contributed by atoms with Crippen molar-refractivity contribution in [2.75, 3.05) is 5.43 Å². The van der Waals surface area contributed by atoms with Crippen molar-refractivity contribution in [2.45, 2.75) is 51.9 Å². The molecule has 1 aromatic carbocycles. The van der Waals surface area contributed by atoms with Gasteiger partial charge in [-0.25, -0.2) is 0 Å². The first-order chi connectivity index (χ1) is 9.50. The lowest BCUT2D eigenvalue weighted by Crippen LogP contribution is -2.17. The Morgan fingerprint density at radius 2 is 1.90 bits per heavy atom. The number of hydrogen-bond acceptors (Lipinski definition) is 3. The zero-order chi connectivity index (χ0) is 14.3. The van der Waals surface area contributed by atoms with E-state index in [1.165, 1.54) is 30.4 Å². The van der Waals surface area contributed by atoms with Gasteiger partial charge in [0.2, 0.25) is 0 Å². The number of benzene rings is 1. The first-order valence-corrected chi connectivity index (χ1v) is 7.43. The summed E-state index contributed by atoms with van der Waals surface area (Å²) in [5.74, 6) is 5.73. The average Bonchev–Trinajstić information content (AvgIpc) is 2.44. The molecular weight excluding hydrogens is 246 g/mol. The second-order valence-electron chi connectivity index (χ2n) is 6.76. The van der Waals surface area contributed by atoms with Crippen LogP contribution in [0.5, 0.6) is 0 Å². The van der Waals surface area contributed by atoms with Crippen LogP contribution in [0, 0.1) is 0 Å². The van der Waals surface area contributed by atoms with E-state index in [4.69, 9.17) is 10.8 Å². The molecule has 3 heteroatoms. The van der Waals surface area contributed by atoms with Gasteiger partial charge in [0.1, 0.15) is 0 Å². The maximum absolute atomic E-state index is 5.73. The maximum atomic E-state index is 5.73. The number of nitrogens with two attached hydrogens (primary N) is 1. The van der Waals surface area contributed by atoms with E-state index in [2.05, 4.69) is 44.4 Å². The van der Waals surface area contributed by atoms with Gasteiger partial charge in [-0.15, -0.1) is 0 Å². The summed E-state index contributed by atoms with van der Waals surface area (Å²) in [6.45, 7) is 6.57. The number of pyridine rings is 1. The number of nitrogens with one attached hydrogen (secondary N) is 1. The van der Waals surface area contributed by atoms with Crippen molar-refractivity contribution < 1.29 is 0 Å². The Bertz CT molecular complexity index is 653. The lowest BCUT2D eigenvalue weighted by molar-refractivity contribution is 0.571. The van der Waals surface area contributed by atoms with Crippen LogP contribution in [0.4, 0.5) is 5.69 Å². The quantitative estimate of drug-likeness (QED) is 0.613. The van der Waals surface area contributed by atoms with E-state index in [0.29, 0.717) is 0 Å². The zero-order valence-electron chi connectivity index (χ0n) is 12.6. The molecule has 2 aromatic rings. The van der Waals surface area contributed by atoms with Crippen LogP contribution >= 0.6 is 0 Å². The first kappa shape index (κ1) is 13.4. The van der Waals surface area contributed by atoms with E-state index in [1.54, 1.807) is 0 Å². The van der Waals surface area contributed by atoms with Crippen LogP contribution in [0.1, 0.15) is 50.4 Å². The number of anilines is 1. The molecule has 3 rings (SSSR count). The highest BCUT2D eigenvalue weighted by atomic mass is 15.2. The van der Waals surface area contributed by atoms with Gasteiger partial charge in [-0.2, -0.15) is 0 Å². The fourth-order valence-electron chi connectivity index (χ4n) is 3.02. The van der Waals surface area contributed by atoms with Gasteiger partial charge in [0.25, 0.3) is 0 Å². The fraction of sp³-hybridized carbons (Fsp3) is 0.471. The summed E-state index contributed by atoms with van der Waals surface area (Å²) in [6, 6.07) is 6.49. The van der Waals surface area contributed by atoms with Gasteiger partial charge in [0.15, 0.2) is 0 Å². The second-order valence-corrected chi connectivity index (χ2v) is 6.76. The predicted molar refractivity (Wildman–Crippen MR) is 84.9 cm³/mol. The number of hydrazine groups is 1. The Balaban J connectivity index is 2.32. The van der Waals surface area contributed by atoms with Gasteiger partial charge < -0.3 is 5.43 Å². The number of nitrogens with zero attached hydrogens (tertiary/aromatic N) is 1. The molecule has 0 saturated heterocycles. The number of aryl methyl sites for hydroxylation is 2. The Morgan fingerprint density at radius 1 is 1.15 bits per heavy atom. The van der Waals surface area contributed by atoms with E-state index in [9.17, 15) is 0 Å². The Kier molecular flexibility index (Phi) is 3.17. The molecule has 1 aromatic heterocycles. The molecule has 1 heterocycles. The number of aromatic nitrogens is 1. The summed E-state index contributed by atoms with van der Waals surface area (Å²) in [5.41, 5.74) is 8.98. The molecule has 0 bridgehead atoms. The van der Waals surface area contributed by atoms with Crippen molar-refractivity contribution in [2.24, 2.45) is 5.84 Å². The van der Waals surface area contributed by atoms with Crippen LogP contribution in [0.3, 0.4) is 0 Å². The summed E-state index contributed by atoms with van der Waals surface area (Å²) in [7, 11) is 0. The smallest absolute Gasteiger partial charge is 0.0761 e. The summed E-state index contributed by atoms with van der Waals surface area (Å²) in [4.78, 5) is 4.97. The Hall–Kier alpha value is -1.61. The van der Waals surface area contributed by atoms with E-state index in [1.807, 2.05) is 0 Å². The van der Waals surface area contributed by atoms with Crippen LogP contribution in [0.25, 0.3) is 10.9 Å². The van der Waals surface area contributed by atoms with Crippen molar-refractivity contribution in [1.82, 2.24) is 4.98 Å². The van der Waals surface area contributed by atoms with Crippen LogP contribution in [-0.2, 0) is 18.3 Å². The standard InChI is InChI=1S/C17H23N3/c1-17(2,3)15-10-14(20-18)13-9-8-11-6-4-5-7-12(11)16(13)19-15/h8-10H,4-7,18H2,1-3H3,(H,19,20). The third kappa shape index (κ3) is 2.16. The number of nitrogen functional groups attached to an aromatic ring is 1. The minimum absolute atomic E-state index is 0.0250. The summed E-state index contributed by atoms with van der Waals surface area (Å²) >= 11 is 0. The summed E-state index contributed by atoms with van der Waals surface area (Å²) < 4.78 is 0. The SMILES string of the molecule is CC(C)(C)c1cc(NN)c2ccc3c(c2n1)CCCC3. The van der Waals surface area contributed by atoms with Gasteiger partial charge in [-0.1, -0.05) is 32.9 Å². The van der Waals surface area contributed by atoms with Crippen molar-refractivity contribution in [1.29, 1.82) is 0 Å². The van der Waals surface area contributed by atoms with Gasteiger partial charge in [0.05, 0.1) is 11.2 Å². The van der Waals surface area contributed by atoms with E-state index in [0.717, 1.165) is 28.7 Å². The van der Waals surface area contributed by atoms with Gasteiger partial charge in [-0.3, -0.25) is 10.8 Å². The van der Waals surface area contributed by atoms with E-state index < -0.39 is 0 Å². The molecule has 3 nitrogen and oxygen atoms in total. The molecule has 0 atom stereocenters. The van der Waals surface area contributed by atoms with E-state index in [-0.39, 0.29) is 5.41 Å². The van der Waals surface area contributed by atoms with Crippen LogP contribution in [0.2, 0.25) is 0 Å². The molecule has 0 amide bonds. The fourth-order valence-corrected chi connectivity index (χ4v) is 3.02. The molecule has 0 unspecified atom stereocenters. The normalized spacial score (nSPS) is 15.2.